The Balaban J connectivity index is 2.10. The molecule has 0 amide bonds. The van der Waals surface area contributed by atoms with Crippen molar-refractivity contribution in [2.24, 2.45) is 0 Å². The summed E-state index contributed by atoms with van der Waals surface area (Å²) in [5.74, 6) is -5.09. The Morgan fingerprint density at radius 3 is 1.06 bits per heavy atom. The largest absolute Gasteiger partial charge is 0.478 e. The van der Waals surface area contributed by atoms with Gasteiger partial charge in [-0.25, -0.2) is 19.2 Å². The summed E-state index contributed by atoms with van der Waals surface area (Å²) in [4.78, 5) is 48.9. The number of aryl methyl sites for hydroxylation is 2. The van der Waals surface area contributed by atoms with Gasteiger partial charge in [0.25, 0.3) is 0 Å². The maximum Gasteiger partial charge on any atom is 0.336 e. The van der Waals surface area contributed by atoms with E-state index in [-0.39, 0.29) is 33.0 Å². The predicted molar refractivity (Wildman–Crippen MR) is 134 cm³/mol. The Labute approximate surface area is 201 Å². The van der Waals surface area contributed by atoms with Crippen LogP contribution in [0.15, 0.2) is 36.4 Å². The summed E-state index contributed by atoms with van der Waals surface area (Å²) in [6.07, 6.45) is 0. The first-order chi connectivity index (χ1) is 17.0. The lowest BCUT2D eigenvalue weighted by atomic mass is 9.79. The monoisotopic (exact) mass is 480 g/mol. The first-order valence-electron chi connectivity index (χ1n) is 10.9. The Morgan fingerprint density at radius 1 is 0.444 bits per heavy atom. The van der Waals surface area contributed by atoms with Crippen molar-refractivity contribution in [3.05, 3.63) is 69.8 Å². The zero-order chi connectivity index (χ0) is 25.8. The highest BCUT2D eigenvalue weighted by Crippen LogP contribution is 2.49. The van der Waals surface area contributed by atoms with Crippen LogP contribution in [-0.4, -0.2) is 44.3 Å². The lowest BCUT2D eigenvalue weighted by Crippen LogP contribution is -2.09. The molecule has 0 aromatic heterocycles. The third kappa shape index (κ3) is 2.42. The molecule has 0 aliphatic rings. The highest BCUT2D eigenvalue weighted by molar-refractivity contribution is 6.42. The maximum atomic E-state index is 12.3. The number of carboxylic acids is 4. The van der Waals surface area contributed by atoms with E-state index in [0.29, 0.717) is 54.2 Å². The molecule has 8 nitrogen and oxygen atoms in total. The molecule has 6 aromatic carbocycles. The minimum Gasteiger partial charge on any atom is -0.478 e. The molecular formula is C28H16O8. The van der Waals surface area contributed by atoms with Gasteiger partial charge in [-0.05, 0) is 92.3 Å². The smallest absolute Gasteiger partial charge is 0.336 e. The van der Waals surface area contributed by atoms with Crippen molar-refractivity contribution in [1.29, 1.82) is 0 Å². The van der Waals surface area contributed by atoms with E-state index in [0.717, 1.165) is 0 Å². The summed E-state index contributed by atoms with van der Waals surface area (Å²) in [5, 5.41) is 44.5. The first kappa shape index (κ1) is 21.5. The molecule has 0 bridgehead atoms. The molecule has 36 heavy (non-hydrogen) atoms. The van der Waals surface area contributed by atoms with Gasteiger partial charge in [-0.15, -0.1) is 0 Å². The van der Waals surface area contributed by atoms with Crippen LogP contribution >= 0.6 is 0 Å². The van der Waals surface area contributed by atoms with Crippen LogP contribution in [0.5, 0.6) is 0 Å². The zero-order valence-corrected chi connectivity index (χ0v) is 18.9. The van der Waals surface area contributed by atoms with Gasteiger partial charge < -0.3 is 20.4 Å². The van der Waals surface area contributed by atoms with Gasteiger partial charge in [0.1, 0.15) is 0 Å². The van der Waals surface area contributed by atoms with Crippen molar-refractivity contribution >= 4 is 77.7 Å². The number of aromatic carboxylic acids is 4. The predicted octanol–water partition coefficient (Wildman–Crippen LogP) is 5.74. The van der Waals surface area contributed by atoms with E-state index in [4.69, 9.17) is 0 Å². The number of rotatable bonds is 4. The van der Waals surface area contributed by atoms with Gasteiger partial charge in [0, 0.05) is 10.8 Å². The third-order valence-corrected chi connectivity index (χ3v) is 7.35. The molecule has 0 aliphatic carbocycles. The summed E-state index contributed by atoms with van der Waals surface area (Å²) >= 11 is 0. The molecule has 0 radical (unpaired) electrons. The van der Waals surface area contributed by atoms with E-state index < -0.39 is 23.9 Å². The highest BCUT2D eigenvalue weighted by Gasteiger charge is 2.29. The fourth-order valence-electron chi connectivity index (χ4n) is 5.85. The van der Waals surface area contributed by atoms with Crippen molar-refractivity contribution < 1.29 is 39.6 Å². The minimum absolute atomic E-state index is 0.0809. The van der Waals surface area contributed by atoms with Gasteiger partial charge in [0.05, 0.1) is 22.3 Å². The van der Waals surface area contributed by atoms with Gasteiger partial charge in [-0.3, -0.25) is 0 Å². The van der Waals surface area contributed by atoms with Crippen LogP contribution in [0, 0.1) is 13.8 Å². The Morgan fingerprint density at radius 2 is 0.750 bits per heavy atom. The van der Waals surface area contributed by atoms with Crippen LogP contribution in [-0.2, 0) is 0 Å². The summed E-state index contributed by atoms with van der Waals surface area (Å²) in [7, 11) is 0. The summed E-state index contributed by atoms with van der Waals surface area (Å²) in [5.41, 5.74) is 0.662. The second-order valence-electron chi connectivity index (χ2n) is 8.99. The van der Waals surface area contributed by atoms with Crippen LogP contribution in [0.1, 0.15) is 52.6 Å². The fourth-order valence-corrected chi connectivity index (χ4v) is 5.85. The van der Waals surface area contributed by atoms with E-state index >= 15 is 0 Å². The van der Waals surface area contributed by atoms with Crippen LogP contribution in [0.2, 0.25) is 0 Å². The van der Waals surface area contributed by atoms with Crippen molar-refractivity contribution in [2.45, 2.75) is 13.8 Å². The molecular weight excluding hydrogens is 464 g/mol. The summed E-state index contributed by atoms with van der Waals surface area (Å²) < 4.78 is 0. The van der Waals surface area contributed by atoms with Crippen LogP contribution < -0.4 is 0 Å². The molecule has 6 rings (SSSR count). The normalized spacial score (nSPS) is 11.9. The highest BCUT2D eigenvalue weighted by atomic mass is 16.4. The van der Waals surface area contributed by atoms with Crippen molar-refractivity contribution in [3.63, 3.8) is 0 Å². The zero-order valence-electron chi connectivity index (χ0n) is 18.9. The van der Waals surface area contributed by atoms with Crippen LogP contribution in [0.25, 0.3) is 53.9 Å². The second kappa shape index (κ2) is 6.79. The molecule has 0 heterocycles. The number of carbonyl (C=O) groups is 4. The van der Waals surface area contributed by atoms with Gasteiger partial charge >= 0.3 is 23.9 Å². The minimum atomic E-state index is -1.27. The van der Waals surface area contributed by atoms with E-state index in [1.807, 2.05) is 0 Å². The Bertz CT molecular complexity index is 1870. The third-order valence-electron chi connectivity index (χ3n) is 7.35. The topological polar surface area (TPSA) is 149 Å². The van der Waals surface area contributed by atoms with E-state index in [2.05, 4.69) is 0 Å². The van der Waals surface area contributed by atoms with Crippen LogP contribution in [0.3, 0.4) is 0 Å². The van der Waals surface area contributed by atoms with Gasteiger partial charge in [-0.1, -0.05) is 12.1 Å². The average molecular weight is 480 g/mol. The van der Waals surface area contributed by atoms with E-state index in [1.165, 1.54) is 24.3 Å². The molecule has 6 aromatic rings. The van der Waals surface area contributed by atoms with Crippen molar-refractivity contribution in [1.82, 2.24) is 0 Å². The number of carboxylic acid groups (broad SMARTS) is 4. The van der Waals surface area contributed by atoms with Crippen molar-refractivity contribution in [3.8, 4) is 0 Å². The second-order valence-corrected chi connectivity index (χ2v) is 8.99. The molecule has 0 atom stereocenters. The Hall–Kier alpha value is -4.98. The van der Waals surface area contributed by atoms with Gasteiger partial charge in [0.2, 0.25) is 0 Å². The first-order valence-corrected chi connectivity index (χ1v) is 10.9. The molecule has 0 fully saturated rings. The number of hydrogen-bond donors (Lipinski definition) is 4. The lowest BCUT2D eigenvalue weighted by molar-refractivity contribution is 0.0681. The standard InChI is InChI=1S/C28H16O8/c1-9-11-3-5-13(25(29)30)19-18(28(35)36)8-16-10(2)12-4-6-14(26(31)32)20-17(27(33)34)7-15(9)23(22(12)20)24(16)21(11)19/h3-8H,1-2H3,(H,29,30)(H,31,32)(H,33,34)(H,35,36). The molecule has 4 N–H and O–H groups in total. The molecule has 0 unspecified atom stereocenters. The van der Waals surface area contributed by atoms with Crippen molar-refractivity contribution in [2.75, 3.05) is 0 Å². The van der Waals surface area contributed by atoms with Gasteiger partial charge in [0.15, 0.2) is 0 Å². The van der Waals surface area contributed by atoms with Gasteiger partial charge in [-0.2, -0.15) is 0 Å². The van der Waals surface area contributed by atoms with Crippen LogP contribution in [0.4, 0.5) is 0 Å². The summed E-state index contributed by atoms with van der Waals surface area (Å²) in [6.45, 7) is 3.53. The molecule has 0 saturated carbocycles. The van der Waals surface area contributed by atoms with E-state index in [1.54, 1.807) is 26.0 Å². The molecule has 176 valence electrons. The Kier molecular flexibility index (Phi) is 4.06. The fraction of sp³-hybridized carbons (Fsp3) is 0.0714. The molecule has 8 heteroatoms. The number of benzene rings is 6. The molecule has 0 aliphatic heterocycles. The molecule has 0 spiro atoms. The number of hydrogen-bond acceptors (Lipinski definition) is 4. The molecule has 0 saturated heterocycles. The lowest BCUT2D eigenvalue weighted by Gasteiger charge is -2.24. The van der Waals surface area contributed by atoms with E-state index in [9.17, 15) is 39.6 Å². The SMILES string of the molecule is Cc1c2ccc(C(=O)O)c3c(C(=O)O)cc4c(C)c5ccc(C(=O)O)c6c(C(=O)O)cc1c(c56)c4c23. The summed E-state index contributed by atoms with van der Waals surface area (Å²) in [6, 6.07) is 8.86. The maximum absolute atomic E-state index is 12.3. The average Bonchev–Trinajstić information content (AvgIpc) is 2.83. The quantitative estimate of drug-likeness (QED) is 0.184.